The summed E-state index contributed by atoms with van der Waals surface area (Å²) in [5.74, 6) is -0.446. The maximum Gasteiger partial charge on any atom is 0.416 e. The fourth-order valence-corrected chi connectivity index (χ4v) is 3.89. The van der Waals surface area contributed by atoms with Gasteiger partial charge in [0.1, 0.15) is 11.1 Å². The number of alkyl halides is 3. The molecule has 3 aromatic rings. The Kier molecular flexibility index (Phi) is 5.78. The molecular weight excluding hydrogens is 421 g/mol. The lowest BCUT2D eigenvalue weighted by Crippen LogP contribution is -2.49. The van der Waals surface area contributed by atoms with Crippen molar-refractivity contribution >= 4 is 22.6 Å². The Morgan fingerprint density at radius 2 is 1.78 bits per heavy atom. The van der Waals surface area contributed by atoms with Gasteiger partial charge in [-0.2, -0.15) is 13.2 Å². The average Bonchev–Trinajstić information content (AvgIpc) is 2.78. The molecule has 2 aromatic carbocycles. The van der Waals surface area contributed by atoms with Crippen LogP contribution in [0.4, 0.5) is 18.9 Å². The number of rotatable bonds is 4. The Balaban J connectivity index is 1.51. The van der Waals surface area contributed by atoms with Crippen molar-refractivity contribution in [3.05, 3.63) is 88.3 Å². The average molecular weight is 442 g/mol. The Morgan fingerprint density at radius 1 is 1.06 bits per heavy atom. The van der Waals surface area contributed by atoms with Gasteiger partial charge in [0.25, 0.3) is 5.91 Å². The summed E-state index contributed by atoms with van der Waals surface area (Å²) in [6, 6.07) is 12.1. The van der Waals surface area contributed by atoms with Gasteiger partial charge in [0.15, 0.2) is 0 Å². The monoisotopic (exact) mass is 442 g/mol. The predicted octanol–water partition coefficient (Wildman–Crippen LogP) is 4.50. The fourth-order valence-electron chi connectivity index (χ4n) is 3.89. The van der Waals surface area contributed by atoms with Gasteiger partial charge in [-0.1, -0.05) is 30.3 Å². The Labute approximate surface area is 182 Å². The van der Waals surface area contributed by atoms with Gasteiger partial charge in [-0.3, -0.25) is 4.79 Å². The number of para-hydroxylation sites is 1. The van der Waals surface area contributed by atoms with E-state index in [4.69, 9.17) is 4.42 Å². The number of allylic oxidation sites excluding steroid dienone is 1. The molecule has 0 unspecified atom stereocenters. The molecule has 1 saturated heterocycles. The first kappa shape index (κ1) is 21.7. The SMILES string of the molecule is C=CCc1cccc2cc(C(=O)N3CCN(c4cccc(C(F)(F)F)c4)CC3)c(=O)oc12. The number of amides is 1. The highest BCUT2D eigenvalue weighted by molar-refractivity contribution is 5.97. The van der Waals surface area contributed by atoms with Crippen LogP contribution < -0.4 is 10.5 Å². The molecule has 1 amide bonds. The number of anilines is 1. The third-order valence-electron chi connectivity index (χ3n) is 5.54. The molecule has 1 aromatic heterocycles. The predicted molar refractivity (Wildman–Crippen MR) is 116 cm³/mol. The van der Waals surface area contributed by atoms with E-state index in [1.165, 1.54) is 17.0 Å². The van der Waals surface area contributed by atoms with Crippen LogP contribution in [0.15, 0.2) is 70.4 Å². The van der Waals surface area contributed by atoms with Crippen molar-refractivity contribution < 1.29 is 22.4 Å². The summed E-state index contributed by atoms with van der Waals surface area (Å²) in [7, 11) is 0. The van der Waals surface area contributed by atoms with Crippen LogP contribution in [0.1, 0.15) is 21.5 Å². The number of carbonyl (C=O) groups excluding carboxylic acids is 1. The van der Waals surface area contributed by atoms with Gasteiger partial charge in [-0.05, 0) is 36.2 Å². The molecule has 1 aliphatic heterocycles. The minimum atomic E-state index is -4.41. The van der Waals surface area contributed by atoms with Crippen molar-refractivity contribution in [1.29, 1.82) is 0 Å². The fraction of sp³-hybridized carbons (Fsp3) is 0.250. The highest BCUT2D eigenvalue weighted by Gasteiger charge is 2.31. The second-order valence-corrected chi connectivity index (χ2v) is 7.60. The molecule has 0 spiro atoms. The molecule has 1 aliphatic rings. The van der Waals surface area contributed by atoms with Crippen LogP contribution in [0.2, 0.25) is 0 Å². The van der Waals surface area contributed by atoms with Crippen molar-refractivity contribution in [3.63, 3.8) is 0 Å². The first-order chi connectivity index (χ1) is 15.3. The molecule has 4 rings (SSSR count). The van der Waals surface area contributed by atoms with Crippen LogP contribution >= 0.6 is 0 Å². The Bertz CT molecular complexity index is 1230. The van der Waals surface area contributed by atoms with Gasteiger partial charge in [0.2, 0.25) is 0 Å². The molecule has 0 saturated carbocycles. The third kappa shape index (κ3) is 4.26. The largest absolute Gasteiger partial charge is 0.422 e. The van der Waals surface area contributed by atoms with Gasteiger partial charge in [-0.25, -0.2) is 4.79 Å². The van der Waals surface area contributed by atoms with Crippen molar-refractivity contribution in [2.45, 2.75) is 12.6 Å². The second-order valence-electron chi connectivity index (χ2n) is 7.60. The van der Waals surface area contributed by atoms with Gasteiger partial charge >= 0.3 is 11.8 Å². The molecule has 0 radical (unpaired) electrons. The lowest BCUT2D eigenvalue weighted by atomic mass is 10.1. The zero-order valence-corrected chi connectivity index (χ0v) is 17.2. The second kappa shape index (κ2) is 8.53. The molecule has 166 valence electrons. The van der Waals surface area contributed by atoms with E-state index < -0.39 is 23.3 Å². The Hall–Kier alpha value is -3.55. The molecular formula is C24H21F3N2O3. The lowest BCUT2D eigenvalue weighted by Gasteiger charge is -2.36. The van der Waals surface area contributed by atoms with E-state index in [9.17, 15) is 22.8 Å². The molecule has 0 atom stereocenters. The zero-order valence-electron chi connectivity index (χ0n) is 17.2. The lowest BCUT2D eigenvalue weighted by molar-refractivity contribution is -0.137. The van der Waals surface area contributed by atoms with Crippen LogP contribution in [0.3, 0.4) is 0 Å². The molecule has 0 N–H and O–H groups in total. The molecule has 1 fully saturated rings. The molecule has 0 bridgehead atoms. The first-order valence-electron chi connectivity index (χ1n) is 10.2. The van der Waals surface area contributed by atoms with Crippen LogP contribution in [0, 0.1) is 0 Å². The minimum absolute atomic E-state index is 0.0548. The van der Waals surface area contributed by atoms with E-state index >= 15 is 0 Å². The first-order valence-corrected chi connectivity index (χ1v) is 10.2. The van der Waals surface area contributed by atoms with Crippen LogP contribution in [-0.2, 0) is 12.6 Å². The van der Waals surface area contributed by atoms with Gasteiger partial charge < -0.3 is 14.2 Å². The summed E-state index contributed by atoms with van der Waals surface area (Å²) < 4.78 is 44.4. The number of fused-ring (bicyclic) bond motifs is 1. The number of piperazine rings is 1. The molecule has 8 heteroatoms. The van der Waals surface area contributed by atoms with Crippen LogP contribution in [0.25, 0.3) is 11.0 Å². The quantitative estimate of drug-likeness (QED) is 0.441. The summed E-state index contributed by atoms with van der Waals surface area (Å²) in [5, 5.41) is 0.648. The maximum absolute atomic E-state index is 13.0. The molecule has 32 heavy (non-hydrogen) atoms. The van der Waals surface area contributed by atoms with E-state index in [2.05, 4.69) is 6.58 Å². The van der Waals surface area contributed by atoms with E-state index in [-0.39, 0.29) is 18.7 Å². The van der Waals surface area contributed by atoms with Crippen molar-refractivity contribution in [2.75, 3.05) is 31.1 Å². The number of carbonyl (C=O) groups is 1. The van der Waals surface area contributed by atoms with Gasteiger partial charge in [0, 0.05) is 37.3 Å². The maximum atomic E-state index is 13.0. The number of hydrogen-bond acceptors (Lipinski definition) is 4. The van der Waals surface area contributed by atoms with Crippen molar-refractivity contribution in [3.8, 4) is 0 Å². The molecule has 0 aliphatic carbocycles. The summed E-state index contributed by atoms with van der Waals surface area (Å²) in [4.78, 5) is 28.8. The van der Waals surface area contributed by atoms with Crippen molar-refractivity contribution in [1.82, 2.24) is 4.90 Å². The zero-order chi connectivity index (χ0) is 22.9. The number of nitrogens with zero attached hydrogens (tertiary/aromatic N) is 2. The van der Waals surface area contributed by atoms with Crippen molar-refractivity contribution in [2.24, 2.45) is 0 Å². The van der Waals surface area contributed by atoms with E-state index in [1.54, 1.807) is 23.1 Å². The number of halogens is 3. The Morgan fingerprint density at radius 3 is 2.47 bits per heavy atom. The summed E-state index contributed by atoms with van der Waals surface area (Å²) >= 11 is 0. The number of hydrogen-bond donors (Lipinski definition) is 0. The van der Waals surface area contributed by atoms with Crippen LogP contribution in [0.5, 0.6) is 0 Å². The molecule has 5 nitrogen and oxygen atoms in total. The summed E-state index contributed by atoms with van der Waals surface area (Å²) in [6.07, 6.45) is -2.17. The normalized spacial score (nSPS) is 14.6. The van der Waals surface area contributed by atoms with E-state index in [1.807, 2.05) is 12.1 Å². The van der Waals surface area contributed by atoms with Crippen LogP contribution in [-0.4, -0.2) is 37.0 Å². The standard InChI is InChI=1S/C24H21F3N2O3/c1-2-5-16-6-3-7-17-14-20(23(31)32-21(16)17)22(30)29-12-10-28(11-13-29)19-9-4-8-18(15-19)24(25,26)27/h2-4,6-9,14-15H,1,5,10-13H2. The highest BCUT2D eigenvalue weighted by Crippen LogP contribution is 2.32. The van der Waals surface area contributed by atoms with Gasteiger partial charge in [0.05, 0.1) is 5.56 Å². The summed E-state index contributed by atoms with van der Waals surface area (Å²) in [6.45, 7) is 4.97. The molecule has 2 heterocycles. The number of benzene rings is 2. The van der Waals surface area contributed by atoms with E-state index in [0.717, 1.165) is 17.7 Å². The topological polar surface area (TPSA) is 53.8 Å². The minimum Gasteiger partial charge on any atom is -0.422 e. The van der Waals surface area contributed by atoms with E-state index in [0.29, 0.717) is 36.2 Å². The highest BCUT2D eigenvalue weighted by atomic mass is 19.4. The van der Waals surface area contributed by atoms with Gasteiger partial charge in [-0.15, -0.1) is 6.58 Å². The smallest absolute Gasteiger partial charge is 0.416 e. The third-order valence-corrected chi connectivity index (χ3v) is 5.54. The summed E-state index contributed by atoms with van der Waals surface area (Å²) in [5.41, 5.74) is 0.219.